The SMILES string of the molecule is CCOO/C(C#N)=C/c1[nH]cc(CC)c1CC. The van der Waals surface area contributed by atoms with Crippen molar-refractivity contribution in [2.75, 3.05) is 6.61 Å². The zero-order chi connectivity index (χ0) is 12.7. The lowest BCUT2D eigenvalue weighted by molar-refractivity contribution is -0.252. The lowest BCUT2D eigenvalue weighted by atomic mass is 10.1. The minimum Gasteiger partial charge on any atom is -0.361 e. The number of rotatable bonds is 6. The number of aryl methyl sites for hydroxylation is 1. The molecule has 0 fully saturated rings. The van der Waals surface area contributed by atoms with Crippen LogP contribution in [0.5, 0.6) is 0 Å². The molecule has 0 unspecified atom stereocenters. The molecule has 0 atom stereocenters. The normalized spacial score (nSPS) is 11.3. The van der Waals surface area contributed by atoms with Crippen molar-refractivity contribution < 1.29 is 9.78 Å². The molecule has 1 heterocycles. The molecule has 92 valence electrons. The molecule has 0 amide bonds. The van der Waals surface area contributed by atoms with E-state index in [1.165, 1.54) is 11.1 Å². The van der Waals surface area contributed by atoms with Crippen LogP contribution < -0.4 is 0 Å². The zero-order valence-corrected chi connectivity index (χ0v) is 10.5. The molecule has 17 heavy (non-hydrogen) atoms. The fourth-order valence-corrected chi connectivity index (χ4v) is 1.70. The van der Waals surface area contributed by atoms with Gasteiger partial charge >= 0.3 is 0 Å². The van der Waals surface area contributed by atoms with Crippen LogP contribution >= 0.6 is 0 Å². The third-order valence-electron chi connectivity index (χ3n) is 2.50. The van der Waals surface area contributed by atoms with E-state index in [0.717, 1.165) is 18.5 Å². The summed E-state index contributed by atoms with van der Waals surface area (Å²) in [4.78, 5) is 12.8. The maximum Gasteiger partial charge on any atom is 0.243 e. The van der Waals surface area contributed by atoms with Crippen molar-refractivity contribution in [1.82, 2.24) is 4.98 Å². The van der Waals surface area contributed by atoms with Gasteiger partial charge in [0.15, 0.2) is 0 Å². The summed E-state index contributed by atoms with van der Waals surface area (Å²) in [5.41, 5.74) is 3.41. The van der Waals surface area contributed by atoms with Crippen molar-refractivity contribution in [2.24, 2.45) is 0 Å². The minimum atomic E-state index is 0.158. The molecule has 4 heteroatoms. The van der Waals surface area contributed by atoms with Crippen molar-refractivity contribution in [2.45, 2.75) is 33.6 Å². The molecule has 0 aliphatic carbocycles. The Morgan fingerprint density at radius 3 is 2.71 bits per heavy atom. The summed E-state index contributed by atoms with van der Waals surface area (Å²) in [6.45, 7) is 6.41. The highest BCUT2D eigenvalue weighted by Crippen LogP contribution is 2.18. The van der Waals surface area contributed by atoms with E-state index in [0.29, 0.717) is 6.61 Å². The van der Waals surface area contributed by atoms with E-state index >= 15 is 0 Å². The molecule has 0 saturated heterocycles. The Hall–Kier alpha value is -1.73. The van der Waals surface area contributed by atoms with Crippen LogP contribution in [-0.2, 0) is 22.6 Å². The van der Waals surface area contributed by atoms with E-state index in [2.05, 4.69) is 18.8 Å². The summed E-state index contributed by atoms with van der Waals surface area (Å²) in [5, 5.41) is 8.90. The third kappa shape index (κ3) is 3.36. The van der Waals surface area contributed by atoms with Crippen molar-refractivity contribution in [1.29, 1.82) is 5.26 Å². The molecule has 4 nitrogen and oxygen atoms in total. The van der Waals surface area contributed by atoms with Crippen molar-refractivity contribution in [3.05, 3.63) is 28.8 Å². The Morgan fingerprint density at radius 2 is 2.18 bits per heavy atom. The van der Waals surface area contributed by atoms with Crippen LogP contribution in [0.2, 0.25) is 0 Å². The molecule has 0 radical (unpaired) electrons. The maximum atomic E-state index is 8.90. The first-order valence-corrected chi connectivity index (χ1v) is 5.87. The molecule has 0 aliphatic heterocycles. The minimum absolute atomic E-state index is 0.158. The number of nitriles is 1. The van der Waals surface area contributed by atoms with Gasteiger partial charge in [-0.3, -0.25) is 0 Å². The molecule has 0 saturated carbocycles. The highest BCUT2D eigenvalue weighted by molar-refractivity contribution is 5.57. The van der Waals surface area contributed by atoms with E-state index in [4.69, 9.17) is 15.0 Å². The monoisotopic (exact) mass is 234 g/mol. The van der Waals surface area contributed by atoms with Crippen molar-refractivity contribution in [3.63, 3.8) is 0 Å². The van der Waals surface area contributed by atoms with Crippen LogP contribution in [0.3, 0.4) is 0 Å². The van der Waals surface area contributed by atoms with E-state index < -0.39 is 0 Å². The van der Waals surface area contributed by atoms with Crippen molar-refractivity contribution >= 4 is 6.08 Å². The summed E-state index contributed by atoms with van der Waals surface area (Å²) in [5.74, 6) is 0.158. The predicted octanol–water partition coefficient (Wildman–Crippen LogP) is 2.97. The number of allylic oxidation sites excluding steroid dienone is 1. The van der Waals surface area contributed by atoms with Crippen LogP contribution in [-0.4, -0.2) is 11.6 Å². The average Bonchev–Trinajstić information content (AvgIpc) is 2.76. The van der Waals surface area contributed by atoms with Gasteiger partial charge in [-0.2, -0.15) is 10.1 Å². The van der Waals surface area contributed by atoms with E-state index in [-0.39, 0.29) is 5.76 Å². The molecule has 1 N–H and O–H groups in total. The Bertz CT molecular complexity index is 427. The third-order valence-corrected chi connectivity index (χ3v) is 2.50. The fourth-order valence-electron chi connectivity index (χ4n) is 1.70. The van der Waals surface area contributed by atoms with Crippen molar-refractivity contribution in [3.8, 4) is 6.07 Å². The predicted molar refractivity (Wildman–Crippen MR) is 65.8 cm³/mol. The highest BCUT2D eigenvalue weighted by atomic mass is 17.2. The first kappa shape index (κ1) is 13.3. The van der Waals surface area contributed by atoms with Gasteiger partial charge in [0.05, 0.1) is 6.61 Å². The molecule has 0 aromatic carbocycles. The first-order valence-electron chi connectivity index (χ1n) is 5.87. The zero-order valence-electron chi connectivity index (χ0n) is 10.5. The van der Waals surface area contributed by atoms with Gasteiger partial charge in [0.1, 0.15) is 6.07 Å². The van der Waals surface area contributed by atoms with Gasteiger partial charge < -0.3 is 9.87 Å². The number of aromatic nitrogens is 1. The molecule has 1 aromatic rings. The smallest absolute Gasteiger partial charge is 0.243 e. The van der Waals surface area contributed by atoms with Crippen LogP contribution in [0.15, 0.2) is 12.0 Å². The largest absolute Gasteiger partial charge is 0.361 e. The van der Waals surface area contributed by atoms with Crippen LogP contribution in [0.25, 0.3) is 6.08 Å². The van der Waals surface area contributed by atoms with Crippen LogP contribution in [0.4, 0.5) is 0 Å². The summed E-state index contributed by atoms with van der Waals surface area (Å²) >= 11 is 0. The number of hydrogen-bond donors (Lipinski definition) is 1. The highest BCUT2D eigenvalue weighted by Gasteiger charge is 2.08. The Morgan fingerprint density at radius 1 is 1.41 bits per heavy atom. The summed E-state index contributed by atoms with van der Waals surface area (Å²) in [6.07, 6.45) is 5.54. The Balaban J connectivity index is 2.95. The summed E-state index contributed by atoms with van der Waals surface area (Å²) in [7, 11) is 0. The standard InChI is InChI=1S/C13H18N2O2/c1-4-10-9-15-13(12(10)5-2)7-11(8-14)17-16-6-3/h7,9,15H,4-6H2,1-3H3/b11-7+. The molecule has 0 bridgehead atoms. The number of hydrogen-bond acceptors (Lipinski definition) is 3. The second kappa shape index (κ2) is 6.77. The lowest BCUT2D eigenvalue weighted by Crippen LogP contribution is -1.94. The van der Waals surface area contributed by atoms with Gasteiger partial charge in [-0.05, 0) is 30.9 Å². The molecule has 0 aliphatic rings. The topological polar surface area (TPSA) is 58.0 Å². The number of aromatic amines is 1. The van der Waals surface area contributed by atoms with Gasteiger partial charge in [0.25, 0.3) is 0 Å². The number of H-pyrrole nitrogens is 1. The van der Waals surface area contributed by atoms with E-state index in [9.17, 15) is 0 Å². The molecule has 0 spiro atoms. The number of nitrogens with one attached hydrogen (secondary N) is 1. The second-order valence-corrected chi connectivity index (χ2v) is 3.52. The van der Waals surface area contributed by atoms with Gasteiger partial charge in [-0.15, -0.1) is 0 Å². The Kier molecular flexibility index (Phi) is 5.31. The molecular formula is C13H18N2O2. The van der Waals surface area contributed by atoms with Gasteiger partial charge in [0, 0.05) is 18.0 Å². The quantitative estimate of drug-likeness (QED) is 0.356. The van der Waals surface area contributed by atoms with Crippen LogP contribution in [0, 0.1) is 11.3 Å². The van der Waals surface area contributed by atoms with E-state index in [1.807, 2.05) is 12.3 Å². The Labute approximate surface area is 102 Å². The number of nitrogens with zero attached hydrogens (tertiary/aromatic N) is 1. The first-order chi connectivity index (χ1) is 8.26. The lowest BCUT2D eigenvalue weighted by Gasteiger charge is -2.02. The molecule has 1 aromatic heterocycles. The van der Waals surface area contributed by atoms with Gasteiger partial charge in [0.2, 0.25) is 5.76 Å². The van der Waals surface area contributed by atoms with Gasteiger partial charge in [-0.25, -0.2) is 0 Å². The molecular weight excluding hydrogens is 216 g/mol. The maximum absolute atomic E-state index is 8.90. The fraction of sp³-hybridized carbons (Fsp3) is 0.462. The molecule has 1 rings (SSSR count). The average molecular weight is 234 g/mol. The second-order valence-electron chi connectivity index (χ2n) is 3.52. The van der Waals surface area contributed by atoms with E-state index in [1.54, 1.807) is 13.0 Å². The summed E-state index contributed by atoms with van der Waals surface area (Å²) in [6, 6.07) is 1.96. The summed E-state index contributed by atoms with van der Waals surface area (Å²) < 4.78 is 0. The van der Waals surface area contributed by atoms with Crippen LogP contribution in [0.1, 0.15) is 37.6 Å². The van der Waals surface area contributed by atoms with Gasteiger partial charge in [-0.1, -0.05) is 13.8 Å².